The SMILES string of the molecule is Cc1ccc(S(=O)(=O)Nc2ccc(F)cc2)cc1C(=O)NCC1CCCCC1. The van der Waals surface area contributed by atoms with Gasteiger partial charge in [-0.3, -0.25) is 9.52 Å². The van der Waals surface area contributed by atoms with Crippen LogP contribution in [0.2, 0.25) is 0 Å². The van der Waals surface area contributed by atoms with Crippen molar-refractivity contribution in [3.05, 3.63) is 59.4 Å². The first-order chi connectivity index (χ1) is 13.3. The van der Waals surface area contributed by atoms with E-state index in [-0.39, 0.29) is 16.5 Å². The predicted molar refractivity (Wildman–Crippen MR) is 107 cm³/mol. The molecule has 150 valence electrons. The highest BCUT2D eigenvalue weighted by atomic mass is 32.2. The highest BCUT2D eigenvalue weighted by Gasteiger charge is 2.20. The Morgan fingerprint density at radius 1 is 1.07 bits per heavy atom. The molecule has 2 N–H and O–H groups in total. The molecule has 5 nitrogen and oxygen atoms in total. The standard InChI is InChI=1S/C21H25FN2O3S/c1-15-7-12-19(28(26,27)24-18-10-8-17(22)9-11-18)13-20(15)21(25)23-14-16-5-3-2-4-6-16/h7-13,16,24H,2-6,14H2,1H3,(H,23,25). The fourth-order valence-corrected chi connectivity index (χ4v) is 4.55. The highest BCUT2D eigenvalue weighted by Crippen LogP contribution is 2.23. The fourth-order valence-electron chi connectivity index (χ4n) is 3.47. The predicted octanol–water partition coefficient (Wildman–Crippen LogP) is 4.25. The monoisotopic (exact) mass is 404 g/mol. The van der Waals surface area contributed by atoms with E-state index in [9.17, 15) is 17.6 Å². The number of halogens is 1. The van der Waals surface area contributed by atoms with Crippen molar-refractivity contribution >= 4 is 21.6 Å². The second kappa shape index (κ2) is 8.73. The van der Waals surface area contributed by atoms with E-state index < -0.39 is 15.8 Å². The third-order valence-electron chi connectivity index (χ3n) is 5.14. The molecule has 2 aromatic carbocycles. The van der Waals surface area contributed by atoms with Gasteiger partial charge in [-0.1, -0.05) is 25.3 Å². The lowest BCUT2D eigenvalue weighted by molar-refractivity contribution is 0.0942. The molecule has 0 heterocycles. The summed E-state index contributed by atoms with van der Waals surface area (Å²) in [5.41, 5.74) is 1.31. The molecule has 2 aromatic rings. The van der Waals surface area contributed by atoms with Gasteiger partial charge in [0.1, 0.15) is 5.82 Å². The fraction of sp³-hybridized carbons (Fsp3) is 0.381. The van der Waals surface area contributed by atoms with E-state index in [2.05, 4.69) is 10.0 Å². The Balaban J connectivity index is 1.74. The number of aryl methyl sites for hydroxylation is 1. The molecule has 1 aliphatic carbocycles. The van der Waals surface area contributed by atoms with Crippen LogP contribution < -0.4 is 10.0 Å². The number of nitrogens with one attached hydrogen (secondary N) is 2. The van der Waals surface area contributed by atoms with Gasteiger partial charge in [-0.25, -0.2) is 12.8 Å². The Labute approximate surface area is 165 Å². The minimum absolute atomic E-state index is 0.00904. The van der Waals surface area contributed by atoms with Crippen molar-refractivity contribution in [2.45, 2.75) is 43.9 Å². The van der Waals surface area contributed by atoms with Gasteiger partial charge in [-0.2, -0.15) is 0 Å². The van der Waals surface area contributed by atoms with Gasteiger partial charge in [0.05, 0.1) is 4.90 Å². The van der Waals surface area contributed by atoms with E-state index in [0.717, 1.165) is 12.8 Å². The lowest BCUT2D eigenvalue weighted by Crippen LogP contribution is -2.31. The number of carbonyl (C=O) groups excluding carboxylic acids is 1. The number of hydrogen-bond donors (Lipinski definition) is 2. The Morgan fingerprint density at radius 2 is 1.75 bits per heavy atom. The van der Waals surface area contributed by atoms with E-state index >= 15 is 0 Å². The number of carbonyl (C=O) groups is 1. The van der Waals surface area contributed by atoms with Crippen LogP contribution in [-0.4, -0.2) is 20.9 Å². The maximum absolute atomic E-state index is 13.0. The molecule has 7 heteroatoms. The Hall–Kier alpha value is -2.41. The number of rotatable bonds is 6. The normalized spacial score (nSPS) is 15.2. The zero-order valence-electron chi connectivity index (χ0n) is 15.9. The second-order valence-electron chi connectivity index (χ2n) is 7.30. The minimum Gasteiger partial charge on any atom is -0.352 e. The van der Waals surface area contributed by atoms with Crippen LogP contribution in [0.5, 0.6) is 0 Å². The first-order valence-corrected chi connectivity index (χ1v) is 11.0. The lowest BCUT2D eigenvalue weighted by Gasteiger charge is -2.22. The molecule has 0 bridgehead atoms. The maximum Gasteiger partial charge on any atom is 0.261 e. The van der Waals surface area contributed by atoms with Gasteiger partial charge < -0.3 is 5.32 Å². The lowest BCUT2D eigenvalue weighted by atomic mass is 9.89. The zero-order chi connectivity index (χ0) is 20.1. The van der Waals surface area contributed by atoms with Crippen LogP contribution in [0.1, 0.15) is 48.0 Å². The summed E-state index contributed by atoms with van der Waals surface area (Å²) >= 11 is 0. The summed E-state index contributed by atoms with van der Waals surface area (Å²) in [7, 11) is -3.89. The minimum atomic E-state index is -3.89. The highest BCUT2D eigenvalue weighted by molar-refractivity contribution is 7.92. The van der Waals surface area contributed by atoms with E-state index in [1.807, 2.05) is 0 Å². The topological polar surface area (TPSA) is 75.3 Å². The van der Waals surface area contributed by atoms with Crippen LogP contribution in [0.15, 0.2) is 47.4 Å². The van der Waals surface area contributed by atoms with Gasteiger partial charge in [-0.05, 0) is 67.6 Å². The molecule has 0 aromatic heterocycles. The van der Waals surface area contributed by atoms with E-state index in [0.29, 0.717) is 23.6 Å². The molecule has 3 rings (SSSR count). The molecule has 0 aliphatic heterocycles. The molecule has 1 aliphatic rings. The first-order valence-electron chi connectivity index (χ1n) is 9.52. The van der Waals surface area contributed by atoms with E-state index in [1.165, 1.54) is 55.7 Å². The molecular formula is C21H25FN2O3S. The number of benzene rings is 2. The molecule has 1 amide bonds. The molecule has 0 atom stereocenters. The Kier molecular flexibility index (Phi) is 6.34. The van der Waals surface area contributed by atoms with Gasteiger partial charge in [0, 0.05) is 17.8 Å². The molecule has 1 fully saturated rings. The third kappa shape index (κ3) is 5.10. The molecule has 0 saturated heterocycles. The van der Waals surface area contributed by atoms with Gasteiger partial charge in [0.15, 0.2) is 0 Å². The number of hydrogen-bond acceptors (Lipinski definition) is 3. The van der Waals surface area contributed by atoms with Crippen molar-refractivity contribution in [3.63, 3.8) is 0 Å². The summed E-state index contributed by atoms with van der Waals surface area (Å²) in [6.07, 6.45) is 5.89. The second-order valence-corrected chi connectivity index (χ2v) is 8.99. The number of anilines is 1. The summed E-state index contributed by atoms with van der Waals surface area (Å²) in [5, 5.41) is 2.95. The summed E-state index contributed by atoms with van der Waals surface area (Å²) in [5.74, 6) is -0.220. The van der Waals surface area contributed by atoms with Crippen LogP contribution in [0.25, 0.3) is 0 Å². The summed E-state index contributed by atoms with van der Waals surface area (Å²) in [4.78, 5) is 12.6. The molecule has 0 unspecified atom stereocenters. The van der Waals surface area contributed by atoms with E-state index in [4.69, 9.17) is 0 Å². The third-order valence-corrected chi connectivity index (χ3v) is 6.52. The van der Waals surface area contributed by atoms with Crippen molar-refractivity contribution < 1.29 is 17.6 Å². The van der Waals surface area contributed by atoms with Crippen molar-refractivity contribution in [2.24, 2.45) is 5.92 Å². The average molecular weight is 405 g/mol. The first kappa shape index (κ1) is 20.3. The molecule has 0 spiro atoms. The van der Waals surface area contributed by atoms with Crippen LogP contribution >= 0.6 is 0 Å². The van der Waals surface area contributed by atoms with Crippen LogP contribution in [0.4, 0.5) is 10.1 Å². The summed E-state index contributed by atoms with van der Waals surface area (Å²) in [6.45, 7) is 2.39. The summed E-state index contributed by atoms with van der Waals surface area (Å²) < 4.78 is 40.7. The molecule has 28 heavy (non-hydrogen) atoms. The van der Waals surface area contributed by atoms with Crippen LogP contribution in [0.3, 0.4) is 0 Å². The molecular weight excluding hydrogens is 379 g/mol. The van der Waals surface area contributed by atoms with Gasteiger partial charge in [0.25, 0.3) is 15.9 Å². The maximum atomic E-state index is 13.0. The van der Waals surface area contributed by atoms with Gasteiger partial charge >= 0.3 is 0 Å². The molecule has 1 saturated carbocycles. The van der Waals surface area contributed by atoms with Crippen molar-refractivity contribution in [1.82, 2.24) is 5.32 Å². The summed E-state index contributed by atoms with van der Waals surface area (Å²) in [6, 6.07) is 9.51. The Bertz CT molecular complexity index is 937. The quantitative estimate of drug-likeness (QED) is 0.756. The van der Waals surface area contributed by atoms with Crippen molar-refractivity contribution in [2.75, 3.05) is 11.3 Å². The van der Waals surface area contributed by atoms with Gasteiger partial charge in [0.2, 0.25) is 0 Å². The average Bonchev–Trinajstić information content (AvgIpc) is 2.69. The number of sulfonamides is 1. The van der Waals surface area contributed by atoms with Crippen molar-refractivity contribution in [1.29, 1.82) is 0 Å². The van der Waals surface area contributed by atoms with Crippen LogP contribution in [-0.2, 0) is 10.0 Å². The molecule has 0 radical (unpaired) electrons. The zero-order valence-corrected chi connectivity index (χ0v) is 16.7. The smallest absolute Gasteiger partial charge is 0.261 e. The Morgan fingerprint density at radius 3 is 2.43 bits per heavy atom. The van der Waals surface area contributed by atoms with Crippen LogP contribution in [0, 0.1) is 18.7 Å². The number of amides is 1. The van der Waals surface area contributed by atoms with Crippen molar-refractivity contribution in [3.8, 4) is 0 Å². The largest absolute Gasteiger partial charge is 0.352 e. The van der Waals surface area contributed by atoms with E-state index in [1.54, 1.807) is 13.0 Å². The van der Waals surface area contributed by atoms with Gasteiger partial charge in [-0.15, -0.1) is 0 Å².